The number of ketones is 1. The van der Waals surface area contributed by atoms with Crippen LogP contribution < -0.4 is 16.4 Å². The number of allylic oxidation sites excluding steroid dienone is 1. The van der Waals surface area contributed by atoms with Gasteiger partial charge in [0.15, 0.2) is 11.8 Å². The second kappa shape index (κ2) is 5.55. The fraction of sp³-hybridized carbons (Fsp3) is 0.300. The zero-order valence-corrected chi connectivity index (χ0v) is 15.6. The summed E-state index contributed by atoms with van der Waals surface area (Å²) in [5, 5.41) is 34.4. The van der Waals surface area contributed by atoms with Crippen LogP contribution in [0.25, 0.3) is 5.76 Å². The van der Waals surface area contributed by atoms with E-state index in [1.54, 1.807) is 6.92 Å². The smallest absolute Gasteiger partial charge is 0.303 e. The molecule has 0 radical (unpaired) electrons. The number of ether oxygens (including phenoxy) is 2. The third-order valence-electron chi connectivity index (χ3n) is 6.04. The van der Waals surface area contributed by atoms with Gasteiger partial charge < -0.3 is 24.8 Å². The van der Waals surface area contributed by atoms with E-state index in [0.717, 1.165) is 5.43 Å². The van der Waals surface area contributed by atoms with Crippen molar-refractivity contribution >= 4 is 17.5 Å². The second-order valence-electron chi connectivity index (χ2n) is 7.67. The van der Waals surface area contributed by atoms with Gasteiger partial charge in [-0.1, -0.05) is 17.9 Å². The Bertz CT molecular complexity index is 1120. The molecule has 0 saturated carbocycles. The van der Waals surface area contributed by atoms with Crippen molar-refractivity contribution in [3.63, 3.8) is 0 Å². The summed E-state index contributed by atoms with van der Waals surface area (Å²) < 4.78 is 11.1. The van der Waals surface area contributed by atoms with Crippen LogP contribution in [0, 0.1) is 0 Å². The minimum Gasteiger partial charge on any atom is -0.872 e. The third-order valence-corrected chi connectivity index (χ3v) is 6.04. The van der Waals surface area contributed by atoms with E-state index in [1.165, 1.54) is 25.1 Å². The van der Waals surface area contributed by atoms with Gasteiger partial charge in [-0.25, -0.2) is 5.43 Å². The van der Waals surface area contributed by atoms with Gasteiger partial charge in [-0.3, -0.25) is 9.59 Å². The Labute approximate surface area is 164 Å². The van der Waals surface area contributed by atoms with Gasteiger partial charge >= 0.3 is 5.97 Å². The molecule has 4 aliphatic rings. The predicted molar refractivity (Wildman–Crippen MR) is 94.4 cm³/mol. The van der Waals surface area contributed by atoms with E-state index in [-0.39, 0.29) is 39.3 Å². The molecule has 0 bridgehead atoms. The molecule has 29 heavy (non-hydrogen) atoms. The van der Waals surface area contributed by atoms with Crippen LogP contribution in [0.3, 0.4) is 0 Å². The standard InChI is InChI=1S/C20H18N2O7/c1-6(23)28-18-13-11(17(27)19-20(18,2)29-19)10-12(14(13)22-21)16(26)9-7(15(10)25)4-3-5-8(9)24/h3-5,17-19,22,24-25,27H,21H2,1-2H3. The molecule has 6 N–H and O–H groups in total. The second-order valence-corrected chi connectivity index (χ2v) is 7.67. The molecule has 0 spiro atoms. The molecule has 4 unspecified atom stereocenters. The minimum absolute atomic E-state index is 0.00222. The summed E-state index contributed by atoms with van der Waals surface area (Å²) in [5.41, 5.74) is 0.793. The molecule has 9 nitrogen and oxygen atoms in total. The number of rotatable bonds is 2. The number of aliphatic hydroxyl groups excluding tert-OH is 1. The SMILES string of the molecule is CC(=O)OC1C2=C(C3=C([O-])c4cccc(O)c4C(=O)C3=C2[NH2+]N)C(O)C2OC12C. The lowest BCUT2D eigenvalue weighted by Gasteiger charge is -2.32. The zero-order valence-electron chi connectivity index (χ0n) is 15.6. The van der Waals surface area contributed by atoms with E-state index < -0.39 is 41.4 Å². The Kier molecular flexibility index (Phi) is 3.46. The molecular weight excluding hydrogens is 380 g/mol. The highest BCUT2D eigenvalue weighted by atomic mass is 16.7. The van der Waals surface area contributed by atoms with E-state index in [4.69, 9.17) is 15.3 Å². The number of carbonyl (C=O) groups excluding carboxylic acids is 2. The van der Waals surface area contributed by atoms with Crippen LogP contribution in [0.15, 0.2) is 46.2 Å². The van der Waals surface area contributed by atoms with Crippen molar-refractivity contribution in [3.05, 3.63) is 57.3 Å². The molecule has 1 aromatic carbocycles. The summed E-state index contributed by atoms with van der Waals surface area (Å²) in [4.78, 5) is 25.0. The number of quaternary nitrogens is 1. The van der Waals surface area contributed by atoms with Crippen LogP contribution in [0.4, 0.5) is 0 Å². The number of phenolic OH excluding ortho intramolecular Hbond substituents is 1. The molecular formula is C20H18N2O7. The van der Waals surface area contributed by atoms with E-state index in [0.29, 0.717) is 5.57 Å². The van der Waals surface area contributed by atoms with E-state index in [9.17, 15) is 24.9 Å². The molecule has 5 rings (SSSR count). The number of hydrogen-bond donors (Lipinski definition) is 4. The first-order chi connectivity index (χ1) is 13.7. The van der Waals surface area contributed by atoms with Crippen molar-refractivity contribution in [1.82, 2.24) is 0 Å². The number of hydrogen-bond acceptors (Lipinski definition) is 8. The maximum atomic E-state index is 13.3. The fourth-order valence-electron chi connectivity index (χ4n) is 4.75. The number of fused-ring (bicyclic) bond motifs is 4. The van der Waals surface area contributed by atoms with Gasteiger partial charge in [0.2, 0.25) is 5.78 Å². The van der Waals surface area contributed by atoms with E-state index in [2.05, 4.69) is 0 Å². The number of Topliss-reactive ketones (excluding diaryl/α,β-unsaturated/α-hetero) is 1. The number of epoxide rings is 1. The van der Waals surface area contributed by atoms with E-state index >= 15 is 0 Å². The van der Waals surface area contributed by atoms with Crippen molar-refractivity contribution in [1.29, 1.82) is 0 Å². The average Bonchev–Trinajstić information content (AvgIpc) is 3.25. The number of aliphatic hydroxyl groups is 1. The quantitative estimate of drug-likeness (QED) is 0.195. The predicted octanol–water partition coefficient (Wildman–Crippen LogP) is -1.87. The number of esters is 1. The lowest BCUT2D eigenvalue weighted by Crippen LogP contribution is -2.90. The highest BCUT2D eigenvalue weighted by Gasteiger charge is 2.70. The number of benzene rings is 1. The van der Waals surface area contributed by atoms with Gasteiger partial charge in [0.25, 0.3) is 0 Å². The normalized spacial score (nSPS) is 32.0. The van der Waals surface area contributed by atoms with Crippen molar-refractivity contribution in [2.45, 2.75) is 37.8 Å². The van der Waals surface area contributed by atoms with Crippen molar-refractivity contribution < 1.29 is 39.8 Å². The summed E-state index contributed by atoms with van der Waals surface area (Å²) >= 11 is 0. The van der Waals surface area contributed by atoms with Crippen LogP contribution in [0.5, 0.6) is 5.75 Å². The summed E-state index contributed by atoms with van der Waals surface area (Å²) in [7, 11) is 0. The Morgan fingerprint density at radius 3 is 2.72 bits per heavy atom. The number of aromatic hydroxyl groups is 1. The fourth-order valence-corrected chi connectivity index (χ4v) is 4.75. The maximum absolute atomic E-state index is 13.3. The molecule has 1 saturated heterocycles. The monoisotopic (exact) mass is 398 g/mol. The maximum Gasteiger partial charge on any atom is 0.303 e. The highest BCUT2D eigenvalue weighted by Crippen LogP contribution is 2.58. The average molecular weight is 398 g/mol. The Balaban J connectivity index is 1.83. The summed E-state index contributed by atoms with van der Waals surface area (Å²) in [6, 6.07) is 4.24. The van der Waals surface area contributed by atoms with Gasteiger partial charge in [0.05, 0.1) is 16.7 Å². The molecule has 150 valence electrons. The van der Waals surface area contributed by atoms with Crippen LogP contribution in [-0.4, -0.2) is 45.9 Å². The zero-order chi connectivity index (χ0) is 20.8. The lowest BCUT2D eigenvalue weighted by molar-refractivity contribution is -0.616. The third kappa shape index (κ3) is 2.07. The first-order valence-electron chi connectivity index (χ1n) is 9.08. The molecule has 1 fully saturated rings. The summed E-state index contributed by atoms with van der Waals surface area (Å²) in [6.07, 6.45) is -2.83. The van der Waals surface area contributed by atoms with Crippen LogP contribution in [0.1, 0.15) is 29.8 Å². The lowest BCUT2D eigenvalue weighted by atomic mass is 9.78. The van der Waals surface area contributed by atoms with Crippen molar-refractivity contribution in [2.24, 2.45) is 5.84 Å². The van der Waals surface area contributed by atoms with Crippen LogP contribution in [-0.2, 0) is 14.3 Å². The molecule has 9 heteroatoms. The Hall–Kier alpha value is -2.98. The number of carbonyl (C=O) groups is 2. The van der Waals surface area contributed by atoms with Gasteiger partial charge in [0.1, 0.15) is 23.6 Å². The molecule has 4 atom stereocenters. The number of nitrogens with two attached hydrogens (primary N) is 2. The van der Waals surface area contributed by atoms with Crippen LogP contribution in [0.2, 0.25) is 0 Å². The largest absolute Gasteiger partial charge is 0.872 e. The van der Waals surface area contributed by atoms with Gasteiger partial charge in [-0.15, -0.1) is 0 Å². The van der Waals surface area contributed by atoms with Gasteiger partial charge in [-0.05, 0) is 24.1 Å². The minimum atomic E-state index is -1.19. The summed E-state index contributed by atoms with van der Waals surface area (Å²) in [6.45, 7) is 2.93. The highest BCUT2D eigenvalue weighted by molar-refractivity contribution is 6.21. The first-order valence-corrected chi connectivity index (χ1v) is 9.08. The Morgan fingerprint density at radius 1 is 1.34 bits per heavy atom. The Morgan fingerprint density at radius 2 is 2.07 bits per heavy atom. The van der Waals surface area contributed by atoms with Gasteiger partial charge in [0, 0.05) is 12.5 Å². The molecule has 1 heterocycles. The van der Waals surface area contributed by atoms with Crippen LogP contribution >= 0.6 is 0 Å². The molecule has 3 aliphatic carbocycles. The molecule has 0 amide bonds. The van der Waals surface area contributed by atoms with E-state index in [1.807, 2.05) is 0 Å². The first kappa shape index (κ1) is 18.1. The van der Waals surface area contributed by atoms with Crippen molar-refractivity contribution in [2.75, 3.05) is 0 Å². The summed E-state index contributed by atoms with van der Waals surface area (Å²) in [5.74, 6) is 3.85. The topological polar surface area (TPSA) is 162 Å². The van der Waals surface area contributed by atoms with Crippen molar-refractivity contribution in [3.8, 4) is 5.75 Å². The number of phenols is 1. The molecule has 0 aromatic heterocycles. The molecule has 1 aromatic rings. The molecule has 1 aliphatic heterocycles. The van der Waals surface area contributed by atoms with Gasteiger partial charge in [-0.2, -0.15) is 5.84 Å².